The van der Waals surface area contributed by atoms with E-state index in [1.54, 1.807) is 30.5 Å². The predicted octanol–water partition coefficient (Wildman–Crippen LogP) is 3.66. The maximum Gasteiger partial charge on any atom is 0.231 e. The van der Waals surface area contributed by atoms with Gasteiger partial charge >= 0.3 is 0 Å². The predicted molar refractivity (Wildman–Crippen MR) is 80.7 cm³/mol. The third-order valence-corrected chi connectivity index (χ3v) is 3.53. The highest BCUT2D eigenvalue weighted by atomic mass is 32.1. The molecule has 1 aromatic heterocycles. The minimum absolute atomic E-state index is 0.240. The Bertz CT molecular complexity index is 720. The molecule has 1 N–H and O–H groups in total. The topological polar surface area (TPSA) is 58.4 Å². The summed E-state index contributed by atoms with van der Waals surface area (Å²) in [6.07, 6.45) is 1.70. The molecule has 5 heteroatoms. The number of benzene rings is 2. The van der Waals surface area contributed by atoms with Gasteiger partial charge in [0.05, 0.1) is 0 Å². The Morgan fingerprint density at radius 3 is 2.45 bits per heavy atom. The molecule has 2 aromatic carbocycles. The Hall–Kier alpha value is -2.53. The molecular weight excluding hydrogens is 270 g/mol. The third kappa shape index (κ3) is 2.89. The molecule has 4 nitrogen and oxygen atoms in total. The normalized spacial score (nSPS) is 11.0. The van der Waals surface area contributed by atoms with Crippen molar-refractivity contribution in [3.8, 4) is 16.3 Å². The van der Waals surface area contributed by atoms with Crippen molar-refractivity contribution in [2.45, 2.75) is 0 Å². The quantitative estimate of drug-likeness (QED) is 0.745. The minimum Gasteiger partial charge on any atom is -0.508 e. The molecule has 0 fully saturated rings. The van der Waals surface area contributed by atoms with Crippen LogP contribution in [0.1, 0.15) is 5.56 Å². The lowest BCUT2D eigenvalue weighted by atomic mass is 10.2. The second kappa shape index (κ2) is 5.63. The van der Waals surface area contributed by atoms with E-state index in [0.717, 1.165) is 16.1 Å². The maximum absolute atomic E-state index is 9.21. The molecule has 0 bridgehead atoms. The first kappa shape index (κ1) is 12.5. The maximum atomic E-state index is 9.21. The van der Waals surface area contributed by atoms with Gasteiger partial charge < -0.3 is 5.11 Å². The van der Waals surface area contributed by atoms with Gasteiger partial charge in [0.25, 0.3) is 0 Å². The Balaban J connectivity index is 1.79. The molecule has 0 spiro atoms. The number of aromatic hydroxyl groups is 1. The van der Waals surface area contributed by atoms with E-state index in [1.165, 1.54) is 11.3 Å². The molecule has 1 heterocycles. The van der Waals surface area contributed by atoms with Crippen LogP contribution in [0.15, 0.2) is 59.6 Å². The van der Waals surface area contributed by atoms with Crippen molar-refractivity contribution in [2.24, 2.45) is 4.99 Å². The summed E-state index contributed by atoms with van der Waals surface area (Å²) in [5, 5.41) is 18.8. The highest BCUT2D eigenvalue weighted by Crippen LogP contribution is 2.27. The van der Waals surface area contributed by atoms with Crippen LogP contribution in [0, 0.1) is 0 Å². The average Bonchev–Trinajstić information content (AvgIpc) is 2.97. The Morgan fingerprint density at radius 2 is 1.70 bits per heavy atom. The van der Waals surface area contributed by atoms with Crippen molar-refractivity contribution < 1.29 is 5.11 Å². The van der Waals surface area contributed by atoms with Crippen LogP contribution in [0.2, 0.25) is 0 Å². The van der Waals surface area contributed by atoms with E-state index >= 15 is 0 Å². The number of phenolic OH excluding ortho intramolecular Hbond substituents is 1. The summed E-state index contributed by atoms with van der Waals surface area (Å²) in [5.74, 6) is 0.240. The number of aromatic nitrogens is 2. The first-order chi connectivity index (χ1) is 9.81. The van der Waals surface area contributed by atoms with Crippen molar-refractivity contribution in [1.82, 2.24) is 10.2 Å². The molecule has 0 saturated heterocycles. The first-order valence-corrected chi connectivity index (χ1v) is 6.85. The second-order valence-corrected chi connectivity index (χ2v) is 5.06. The summed E-state index contributed by atoms with van der Waals surface area (Å²) < 4.78 is 0. The highest BCUT2D eigenvalue weighted by molar-refractivity contribution is 7.18. The zero-order chi connectivity index (χ0) is 13.8. The minimum atomic E-state index is 0.240. The first-order valence-electron chi connectivity index (χ1n) is 6.03. The SMILES string of the molecule is Oc1ccc(C=Nc2nnc(-c3ccccc3)s2)cc1. The smallest absolute Gasteiger partial charge is 0.231 e. The lowest BCUT2D eigenvalue weighted by molar-refractivity contribution is 0.475. The molecule has 0 radical (unpaired) electrons. The Kier molecular flexibility index (Phi) is 3.52. The molecule has 0 aliphatic carbocycles. The lowest BCUT2D eigenvalue weighted by Gasteiger charge is -1.92. The van der Waals surface area contributed by atoms with Crippen LogP contribution < -0.4 is 0 Å². The summed E-state index contributed by atoms with van der Waals surface area (Å²) in [5.41, 5.74) is 1.94. The van der Waals surface area contributed by atoms with Crippen molar-refractivity contribution in [1.29, 1.82) is 0 Å². The zero-order valence-corrected chi connectivity index (χ0v) is 11.3. The van der Waals surface area contributed by atoms with E-state index in [9.17, 15) is 5.11 Å². The molecule has 0 unspecified atom stereocenters. The number of aliphatic imine (C=N–C) groups is 1. The van der Waals surface area contributed by atoms with Gasteiger partial charge in [0.1, 0.15) is 10.8 Å². The Labute approximate surface area is 120 Å². The van der Waals surface area contributed by atoms with Crippen LogP contribution in [0.3, 0.4) is 0 Å². The summed E-state index contributed by atoms with van der Waals surface area (Å²) >= 11 is 1.44. The van der Waals surface area contributed by atoms with E-state index in [1.807, 2.05) is 30.3 Å². The van der Waals surface area contributed by atoms with Gasteiger partial charge in [-0.15, -0.1) is 10.2 Å². The molecule has 3 aromatic rings. The van der Waals surface area contributed by atoms with Crippen LogP contribution in [0.25, 0.3) is 10.6 Å². The number of hydrogen-bond donors (Lipinski definition) is 1. The van der Waals surface area contributed by atoms with Crippen molar-refractivity contribution in [3.63, 3.8) is 0 Å². The van der Waals surface area contributed by atoms with Gasteiger partial charge in [-0.2, -0.15) is 0 Å². The van der Waals surface area contributed by atoms with Crippen molar-refractivity contribution >= 4 is 22.7 Å². The molecule has 20 heavy (non-hydrogen) atoms. The van der Waals surface area contributed by atoms with E-state index in [-0.39, 0.29) is 5.75 Å². The molecule has 0 amide bonds. The van der Waals surface area contributed by atoms with Crippen LogP contribution in [0.5, 0.6) is 5.75 Å². The fourth-order valence-electron chi connectivity index (χ4n) is 1.66. The van der Waals surface area contributed by atoms with Crippen molar-refractivity contribution in [3.05, 3.63) is 60.2 Å². The molecular formula is C15H11N3OS. The van der Waals surface area contributed by atoms with Crippen LogP contribution in [-0.4, -0.2) is 21.5 Å². The van der Waals surface area contributed by atoms with Gasteiger partial charge in [-0.1, -0.05) is 41.7 Å². The van der Waals surface area contributed by atoms with E-state index in [0.29, 0.717) is 5.13 Å². The highest BCUT2D eigenvalue weighted by Gasteiger charge is 2.04. The molecule has 0 atom stereocenters. The van der Waals surface area contributed by atoms with E-state index in [2.05, 4.69) is 15.2 Å². The van der Waals surface area contributed by atoms with Gasteiger partial charge in [0.2, 0.25) is 5.13 Å². The average molecular weight is 281 g/mol. The summed E-state index contributed by atoms with van der Waals surface area (Å²) in [6, 6.07) is 16.7. The van der Waals surface area contributed by atoms with Gasteiger partial charge in [-0.05, 0) is 29.8 Å². The lowest BCUT2D eigenvalue weighted by Crippen LogP contribution is -1.78. The monoisotopic (exact) mass is 281 g/mol. The fraction of sp³-hybridized carbons (Fsp3) is 0. The van der Waals surface area contributed by atoms with Gasteiger partial charge in [0, 0.05) is 11.8 Å². The fourth-order valence-corrected chi connectivity index (χ4v) is 2.35. The van der Waals surface area contributed by atoms with Crippen molar-refractivity contribution in [2.75, 3.05) is 0 Å². The third-order valence-electron chi connectivity index (χ3n) is 2.65. The van der Waals surface area contributed by atoms with Crippen LogP contribution in [0.4, 0.5) is 5.13 Å². The summed E-state index contributed by atoms with van der Waals surface area (Å²) in [6.45, 7) is 0. The van der Waals surface area contributed by atoms with Gasteiger partial charge in [-0.25, -0.2) is 4.99 Å². The van der Waals surface area contributed by atoms with Crippen LogP contribution in [-0.2, 0) is 0 Å². The largest absolute Gasteiger partial charge is 0.508 e. The molecule has 0 saturated carbocycles. The van der Waals surface area contributed by atoms with Gasteiger partial charge in [0.15, 0.2) is 0 Å². The Morgan fingerprint density at radius 1 is 0.950 bits per heavy atom. The summed E-state index contributed by atoms with van der Waals surface area (Å²) in [4.78, 5) is 4.29. The van der Waals surface area contributed by atoms with Crippen LogP contribution >= 0.6 is 11.3 Å². The van der Waals surface area contributed by atoms with E-state index in [4.69, 9.17) is 0 Å². The molecule has 0 aliphatic rings. The number of rotatable bonds is 3. The molecule has 98 valence electrons. The zero-order valence-electron chi connectivity index (χ0n) is 10.5. The number of phenols is 1. The second-order valence-electron chi connectivity index (χ2n) is 4.11. The standard InChI is InChI=1S/C15H11N3OS/c19-13-8-6-11(7-9-13)10-16-15-18-17-14(20-15)12-4-2-1-3-5-12/h1-10,19H. The van der Waals surface area contributed by atoms with Gasteiger partial charge in [-0.3, -0.25) is 0 Å². The molecule has 0 aliphatic heterocycles. The molecule has 3 rings (SSSR count). The van der Waals surface area contributed by atoms with E-state index < -0.39 is 0 Å². The number of nitrogens with zero attached hydrogens (tertiary/aromatic N) is 3. The number of hydrogen-bond acceptors (Lipinski definition) is 5. The summed E-state index contributed by atoms with van der Waals surface area (Å²) in [7, 11) is 0.